The number of hydrogen-bond donors (Lipinski definition) is 0. The fourth-order valence-corrected chi connectivity index (χ4v) is 6.36. The first-order chi connectivity index (χ1) is 11.5. The van der Waals surface area contributed by atoms with Gasteiger partial charge in [0.15, 0.2) is 0 Å². The Labute approximate surface area is 141 Å². The zero-order chi connectivity index (χ0) is 16.9. The molecule has 3 aliphatic rings. The summed E-state index contributed by atoms with van der Waals surface area (Å²) >= 11 is 0. The summed E-state index contributed by atoms with van der Waals surface area (Å²) in [6.45, 7) is 3.03. The number of rotatable bonds is 2. The Morgan fingerprint density at radius 1 is 1.21 bits per heavy atom. The molecule has 0 aliphatic carbocycles. The molecule has 0 aromatic heterocycles. The van der Waals surface area contributed by atoms with Gasteiger partial charge >= 0.3 is 0 Å². The minimum atomic E-state index is -3.83. The van der Waals surface area contributed by atoms with Gasteiger partial charge in [0, 0.05) is 25.7 Å². The lowest BCUT2D eigenvalue weighted by atomic mass is 9.90. The molecular weight excluding hydrogens is 329 g/mol. The predicted octanol–water partition coefficient (Wildman–Crippen LogP) is 1.80. The van der Waals surface area contributed by atoms with Crippen LogP contribution in [0.4, 0.5) is 4.39 Å². The maximum Gasteiger partial charge on any atom is 0.244 e. The van der Waals surface area contributed by atoms with Gasteiger partial charge in [-0.25, -0.2) is 12.8 Å². The third-order valence-corrected chi connectivity index (χ3v) is 7.66. The van der Waals surface area contributed by atoms with Crippen molar-refractivity contribution in [2.24, 2.45) is 11.8 Å². The van der Waals surface area contributed by atoms with Gasteiger partial charge in [-0.05, 0) is 43.4 Å². The third kappa shape index (κ3) is 2.36. The number of halogens is 1. The zero-order valence-electron chi connectivity index (χ0n) is 13.4. The number of sulfonamides is 1. The van der Waals surface area contributed by atoms with E-state index in [9.17, 15) is 12.8 Å². The van der Waals surface area contributed by atoms with Crippen molar-refractivity contribution < 1.29 is 12.8 Å². The number of nitrogens with zero attached hydrogens (tertiary/aromatic N) is 3. The van der Waals surface area contributed by atoms with Crippen LogP contribution < -0.4 is 0 Å². The minimum absolute atomic E-state index is 0.203. The van der Waals surface area contributed by atoms with E-state index >= 15 is 0 Å². The van der Waals surface area contributed by atoms with Crippen LogP contribution >= 0.6 is 0 Å². The molecule has 3 atom stereocenters. The largest absolute Gasteiger partial charge is 0.300 e. The second kappa shape index (κ2) is 5.80. The molecule has 0 unspecified atom stereocenters. The van der Waals surface area contributed by atoms with E-state index in [-0.39, 0.29) is 10.5 Å². The molecule has 3 saturated heterocycles. The predicted molar refractivity (Wildman–Crippen MR) is 86.1 cm³/mol. The molecule has 0 bridgehead atoms. The molecule has 3 heterocycles. The molecule has 3 fully saturated rings. The van der Waals surface area contributed by atoms with E-state index in [0.717, 1.165) is 25.6 Å². The Bertz CT molecular complexity index is 805. The van der Waals surface area contributed by atoms with Crippen molar-refractivity contribution in [3.63, 3.8) is 0 Å². The van der Waals surface area contributed by atoms with Crippen molar-refractivity contribution in [2.75, 3.05) is 26.2 Å². The van der Waals surface area contributed by atoms with Crippen molar-refractivity contribution >= 4 is 10.0 Å². The van der Waals surface area contributed by atoms with E-state index in [1.165, 1.54) is 29.3 Å². The van der Waals surface area contributed by atoms with Gasteiger partial charge in [-0.3, -0.25) is 4.90 Å². The summed E-state index contributed by atoms with van der Waals surface area (Å²) in [5.74, 6) is -0.0717. The lowest BCUT2D eigenvalue weighted by Crippen LogP contribution is -2.41. The standard InChI is InChI=1S/C17H20FN3O2S/c18-15-4-3-6-17(13(15)8-19)24(22,23)21-10-12-9-20-7-2-1-5-16(20)14(12)11-21/h3-4,6,12,14,16H,1-2,5,7,9-11H2/t12-,14+,16+/m0/s1. The first-order valence-electron chi connectivity index (χ1n) is 8.45. The van der Waals surface area contributed by atoms with Gasteiger partial charge < -0.3 is 0 Å². The van der Waals surface area contributed by atoms with Crippen LogP contribution in [0, 0.1) is 29.0 Å². The molecule has 4 rings (SSSR count). The molecule has 0 saturated carbocycles. The van der Waals surface area contributed by atoms with Gasteiger partial charge in [0.25, 0.3) is 0 Å². The van der Waals surface area contributed by atoms with E-state index in [0.29, 0.717) is 31.0 Å². The quantitative estimate of drug-likeness (QED) is 0.817. The molecule has 0 radical (unpaired) electrons. The molecule has 3 aliphatic heterocycles. The maximum absolute atomic E-state index is 13.8. The van der Waals surface area contributed by atoms with Crippen LogP contribution in [0.3, 0.4) is 0 Å². The summed E-state index contributed by atoms with van der Waals surface area (Å²) in [6, 6.07) is 5.98. The lowest BCUT2D eigenvalue weighted by Gasteiger charge is -2.33. The van der Waals surface area contributed by atoms with E-state index in [2.05, 4.69) is 4.90 Å². The van der Waals surface area contributed by atoms with E-state index in [4.69, 9.17) is 5.26 Å². The van der Waals surface area contributed by atoms with Crippen molar-refractivity contribution in [3.05, 3.63) is 29.6 Å². The van der Waals surface area contributed by atoms with Gasteiger partial charge in [0.2, 0.25) is 10.0 Å². The van der Waals surface area contributed by atoms with Gasteiger partial charge in [-0.1, -0.05) is 12.5 Å². The van der Waals surface area contributed by atoms with E-state index in [1.807, 2.05) is 0 Å². The second-order valence-corrected chi connectivity index (χ2v) is 8.94. The Balaban J connectivity index is 1.62. The molecule has 1 aromatic carbocycles. The molecule has 1 aromatic rings. The highest BCUT2D eigenvalue weighted by Gasteiger charge is 2.50. The molecule has 128 valence electrons. The van der Waals surface area contributed by atoms with Crippen LogP contribution in [-0.4, -0.2) is 49.8 Å². The van der Waals surface area contributed by atoms with Crippen LogP contribution in [0.15, 0.2) is 23.1 Å². The van der Waals surface area contributed by atoms with Gasteiger partial charge in [0.05, 0.1) is 0 Å². The second-order valence-electron chi connectivity index (χ2n) is 7.03. The molecule has 24 heavy (non-hydrogen) atoms. The SMILES string of the molecule is N#Cc1c(F)cccc1S(=O)(=O)N1C[C@@H]2CN3CCCC[C@@H]3[C@@H]2C1. The third-order valence-electron chi connectivity index (χ3n) is 5.79. The molecule has 7 heteroatoms. The van der Waals surface area contributed by atoms with Gasteiger partial charge in [-0.15, -0.1) is 0 Å². The number of hydrogen-bond acceptors (Lipinski definition) is 4. The average molecular weight is 349 g/mol. The van der Waals surface area contributed by atoms with Crippen LogP contribution in [-0.2, 0) is 10.0 Å². The highest BCUT2D eigenvalue weighted by molar-refractivity contribution is 7.89. The Kier molecular flexibility index (Phi) is 3.87. The normalized spacial score (nSPS) is 30.8. The summed E-state index contributed by atoms with van der Waals surface area (Å²) in [5, 5.41) is 9.14. The summed E-state index contributed by atoms with van der Waals surface area (Å²) in [4.78, 5) is 2.30. The highest BCUT2D eigenvalue weighted by Crippen LogP contribution is 2.42. The number of piperidine rings is 1. The lowest BCUT2D eigenvalue weighted by molar-refractivity contribution is 0.165. The Morgan fingerprint density at radius 2 is 2.04 bits per heavy atom. The first-order valence-corrected chi connectivity index (χ1v) is 9.89. The van der Waals surface area contributed by atoms with Crippen molar-refractivity contribution in [1.82, 2.24) is 9.21 Å². The van der Waals surface area contributed by atoms with Crippen molar-refractivity contribution in [2.45, 2.75) is 30.2 Å². The molecule has 5 nitrogen and oxygen atoms in total. The fraction of sp³-hybridized carbons (Fsp3) is 0.588. The molecular formula is C17H20FN3O2S. The summed E-state index contributed by atoms with van der Waals surface area (Å²) in [6.07, 6.45) is 3.57. The number of fused-ring (bicyclic) bond motifs is 3. The van der Waals surface area contributed by atoms with Crippen LogP contribution in [0.2, 0.25) is 0 Å². The highest BCUT2D eigenvalue weighted by atomic mass is 32.2. The van der Waals surface area contributed by atoms with E-state index < -0.39 is 15.8 Å². The topological polar surface area (TPSA) is 64.4 Å². The summed E-state index contributed by atoms with van der Waals surface area (Å²) in [5.41, 5.74) is -0.381. The summed E-state index contributed by atoms with van der Waals surface area (Å²) < 4.78 is 41.2. The fourth-order valence-electron chi connectivity index (χ4n) is 4.68. The number of benzene rings is 1. The van der Waals surface area contributed by atoms with Crippen LogP contribution in [0.25, 0.3) is 0 Å². The molecule has 0 amide bonds. The minimum Gasteiger partial charge on any atom is -0.300 e. The first kappa shape index (κ1) is 16.0. The van der Waals surface area contributed by atoms with Gasteiger partial charge in [-0.2, -0.15) is 9.57 Å². The van der Waals surface area contributed by atoms with Crippen molar-refractivity contribution in [1.29, 1.82) is 5.26 Å². The van der Waals surface area contributed by atoms with Crippen LogP contribution in [0.5, 0.6) is 0 Å². The smallest absolute Gasteiger partial charge is 0.244 e. The average Bonchev–Trinajstić information content (AvgIpc) is 3.12. The van der Waals surface area contributed by atoms with E-state index in [1.54, 1.807) is 6.07 Å². The Hall–Kier alpha value is -1.49. The molecule has 0 N–H and O–H groups in total. The zero-order valence-corrected chi connectivity index (χ0v) is 14.2. The molecule has 0 spiro atoms. The number of nitriles is 1. The monoisotopic (exact) mass is 349 g/mol. The maximum atomic E-state index is 13.8. The Morgan fingerprint density at radius 3 is 2.83 bits per heavy atom. The van der Waals surface area contributed by atoms with Gasteiger partial charge in [0.1, 0.15) is 22.3 Å². The van der Waals surface area contributed by atoms with Crippen molar-refractivity contribution in [3.8, 4) is 6.07 Å². The van der Waals surface area contributed by atoms with Crippen LogP contribution in [0.1, 0.15) is 24.8 Å². The summed E-state index contributed by atoms with van der Waals surface area (Å²) in [7, 11) is -3.83.